The largest absolute Gasteiger partial charge is 0.338 e. The van der Waals surface area contributed by atoms with Gasteiger partial charge in [-0.3, -0.25) is 9.48 Å². The molecule has 1 saturated heterocycles. The Morgan fingerprint density at radius 3 is 2.63 bits per heavy atom. The third-order valence-corrected chi connectivity index (χ3v) is 5.06. The van der Waals surface area contributed by atoms with Gasteiger partial charge in [-0.05, 0) is 45.9 Å². The van der Waals surface area contributed by atoms with Gasteiger partial charge in [0.1, 0.15) is 5.82 Å². The molecule has 1 aliphatic heterocycles. The zero-order valence-corrected chi connectivity index (χ0v) is 16.9. The van der Waals surface area contributed by atoms with Crippen LogP contribution >= 0.6 is 0 Å². The lowest BCUT2D eigenvalue weighted by molar-refractivity contribution is -0.131. The first kappa shape index (κ1) is 19.5. The minimum Gasteiger partial charge on any atom is -0.338 e. The minimum atomic E-state index is -0.262. The van der Waals surface area contributed by atoms with Gasteiger partial charge in [-0.25, -0.2) is 4.39 Å². The molecule has 0 N–H and O–H groups in total. The molecular formula is C21H29FN4O. The SMILES string of the molecule is CN(Cc1cn(C)nc1-c1ccccc1F)CC1CC(=O)N(C(C)(C)C)C1. The molecule has 5 nitrogen and oxygen atoms in total. The monoisotopic (exact) mass is 372 g/mol. The number of likely N-dealkylation sites (tertiary alicyclic amines) is 1. The second kappa shape index (κ2) is 7.43. The molecule has 27 heavy (non-hydrogen) atoms. The van der Waals surface area contributed by atoms with Crippen molar-refractivity contribution in [2.75, 3.05) is 20.1 Å². The van der Waals surface area contributed by atoms with Gasteiger partial charge in [0.15, 0.2) is 0 Å². The summed E-state index contributed by atoms with van der Waals surface area (Å²) >= 11 is 0. The summed E-state index contributed by atoms with van der Waals surface area (Å²) in [7, 11) is 3.90. The van der Waals surface area contributed by atoms with Crippen molar-refractivity contribution in [3.05, 3.63) is 41.8 Å². The summed E-state index contributed by atoms with van der Waals surface area (Å²) in [6, 6.07) is 6.73. The minimum absolute atomic E-state index is 0.133. The van der Waals surface area contributed by atoms with Gasteiger partial charge in [0, 0.05) is 56.0 Å². The zero-order chi connectivity index (χ0) is 19.8. The Hall–Kier alpha value is -2.21. The summed E-state index contributed by atoms with van der Waals surface area (Å²) in [5.41, 5.74) is 2.06. The molecule has 0 bridgehead atoms. The first-order chi connectivity index (χ1) is 12.6. The molecule has 1 amide bonds. The smallest absolute Gasteiger partial charge is 0.223 e. The Morgan fingerprint density at radius 1 is 1.30 bits per heavy atom. The average Bonchev–Trinajstić information content (AvgIpc) is 3.10. The lowest BCUT2D eigenvalue weighted by Gasteiger charge is -2.32. The van der Waals surface area contributed by atoms with E-state index in [-0.39, 0.29) is 17.3 Å². The van der Waals surface area contributed by atoms with Crippen molar-refractivity contribution in [1.82, 2.24) is 19.6 Å². The molecule has 6 heteroatoms. The van der Waals surface area contributed by atoms with Crippen molar-refractivity contribution in [2.45, 2.75) is 39.3 Å². The fraction of sp³-hybridized carbons (Fsp3) is 0.524. The average molecular weight is 372 g/mol. The Bertz CT molecular complexity index is 824. The molecule has 0 spiro atoms. The summed E-state index contributed by atoms with van der Waals surface area (Å²) < 4.78 is 15.9. The third-order valence-electron chi connectivity index (χ3n) is 5.06. The van der Waals surface area contributed by atoms with E-state index in [2.05, 4.69) is 30.8 Å². The van der Waals surface area contributed by atoms with E-state index >= 15 is 0 Å². The topological polar surface area (TPSA) is 41.4 Å². The molecule has 0 radical (unpaired) electrons. The van der Waals surface area contributed by atoms with Crippen molar-refractivity contribution in [1.29, 1.82) is 0 Å². The molecule has 2 heterocycles. The van der Waals surface area contributed by atoms with Crippen LogP contribution in [0.3, 0.4) is 0 Å². The normalized spacial score (nSPS) is 18.0. The molecular weight excluding hydrogens is 343 g/mol. The molecule has 1 aromatic carbocycles. The Kier molecular flexibility index (Phi) is 5.38. The van der Waals surface area contributed by atoms with Crippen molar-refractivity contribution in [3.63, 3.8) is 0 Å². The summed E-state index contributed by atoms with van der Waals surface area (Å²) in [6.45, 7) is 8.51. The maximum absolute atomic E-state index is 14.2. The van der Waals surface area contributed by atoms with Crippen molar-refractivity contribution in [3.8, 4) is 11.3 Å². The van der Waals surface area contributed by atoms with Crippen molar-refractivity contribution < 1.29 is 9.18 Å². The van der Waals surface area contributed by atoms with E-state index in [4.69, 9.17) is 0 Å². The van der Waals surface area contributed by atoms with E-state index in [0.717, 1.165) is 18.7 Å². The van der Waals surface area contributed by atoms with E-state index < -0.39 is 0 Å². The molecule has 2 aromatic rings. The van der Waals surface area contributed by atoms with Crippen LogP contribution in [0.15, 0.2) is 30.5 Å². The van der Waals surface area contributed by atoms with Gasteiger partial charge in [-0.2, -0.15) is 5.10 Å². The van der Waals surface area contributed by atoms with Gasteiger partial charge < -0.3 is 9.80 Å². The standard InChI is InChI=1S/C21H29FN4O/c1-21(2,3)26-12-15(10-19(26)27)11-24(4)13-16-14-25(5)23-20(16)17-8-6-7-9-18(17)22/h6-9,14-15H,10-13H2,1-5H3. The Balaban J connectivity index is 1.70. The number of hydrogen-bond donors (Lipinski definition) is 0. The number of carbonyl (C=O) groups is 1. The molecule has 3 rings (SSSR count). The quantitative estimate of drug-likeness (QED) is 0.809. The molecule has 146 valence electrons. The maximum atomic E-state index is 14.2. The van der Waals surface area contributed by atoms with Crippen LogP contribution in [0.5, 0.6) is 0 Å². The molecule has 1 aliphatic rings. The van der Waals surface area contributed by atoms with Gasteiger partial charge in [-0.1, -0.05) is 12.1 Å². The number of aryl methyl sites for hydroxylation is 1. The lowest BCUT2D eigenvalue weighted by Crippen LogP contribution is -2.42. The highest BCUT2D eigenvalue weighted by Crippen LogP contribution is 2.28. The van der Waals surface area contributed by atoms with Gasteiger partial charge in [0.25, 0.3) is 0 Å². The van der Waals surface area contributed by atoms with Gasteiger partial charge in [0.2, 0.25) is 5.91 Å². The number of halogens is 1. The predicted octanol–water partition coefficient (Wildman–Crippen LogP) is 3.31. The van der Waals surface area contributed by atoms with E-state index in [0.29, 0.717) is 30.1 Å². The first-order valence-corrected chi connectivity index (χ1v) is 9.41. The van der Waals surface area contributed by atoms with Crippen LogP contribution in [0.2, 0.25) is 0 Å². The lowest BCUT2D eigenvalue weighted by atomic mass is 10.1. The molecule has 1 aromatic heterocycles. The fourth-order valence-electron chi connectivity index (χ4n) is 3.88. The molecule has 1 fully saturated rings. The van der Waals surface area contributed by atoms with Gasteiger partial charge in [0.05, 0.1) is 5.69 Å². The van der Waals surface area contributed by atoms with Crippen LogP contribution < -0.4 is 0 Å². The highest BCUT2D eigenvalue weighted by Gasteiger charge is 2.36. The first-order valence-electron chi connectivity index (χ1n) is 9.41. The molecule has 1 atom stereocenters. The second-order valence-electron chi connectivity index (χ2n) is 8.60. The van der Waals surface area contributed by atoms with Gasteiger partial charge in [-0.15, -0.1) is 0 Å². The summed E-state index contributed by atoms with van der Waals surface area (Å²) in [5, 5.41) is 4.47. The maximum Gasteiger partial charge on any atom is 0.223 e. The number of benzene rings is 1. The Labute approximate surface area is 160 Å². The summed E-state index contributed by atoms with van der Waals surface area (Å²) in [6.07, 6.45) is 2.54. The van der Waals surface area contributed by atoms with E-state index in [1.807, 2.05) is 31.3 Å². The van der Waals surface area contributed by atoms with Crippen molar-refractivity contribution in [2.24, 2.45) is 13.0 Å². The van der Waals surface area contributed by atoms with E-state index in [1.54, 1.807) is 16.8 Å². The van der Waals surface area contributed by atoms with Crippen molar-refractivity contribution >= 4 is 5.91 Å². The summed E-state index contributed by atoms with van der Waals surface area (Å²) in [4.78, 5) is 16.5. The van der Waals surface area contributed by atoms with Crippen LogP contribution in [0, 0.1) is 11.7 Å². The Morgan fingerprint density at radius 2 is 2.00 bits per heavy atom. The molecule has 0 aliphatic carbocycles. The van der Waals surface area contributed by atoms with E-state index in [9.17, 15) is 9.18 Å². The third kappa shape index (κ3) is 4.38. The van der Waals surface area contributed by atoms with Crippen LogP contribution in [0.4, 0.5) is 4.39 Å². The summed E-state index contributed by atoms with van der Waals surface area (Å²) in [5.74, 6) is 0.284. The zero-order valence-electron chi connectivity index (χ0n) is 16.9. The van der Waals surface area contributed by atoms with Crippen LogP contribution in [-0.4, -0.2) is 51.2 Å². The second-order valence-corrected chi connectivity index (χ2v) is 8.60. The predicted molar refractivity (Wildman–Crippen MR) is 105 cm³/mol. The number of carbonyl (C=O) groups excluding carboxylic acids is 1. The molecule has 1 unspecified atom stereocenters. The van der Waals surface area contributed by atoms with Crippen LogP contribution in [-0.2, 0) is 18.4 Å². The fourth-order valence-corrected chi connectivity index (χ4v) is 3.88. The number of aromatic nitrogens is 2. The van der Waals surface area contributed by atoms with E-state index in [1.165, 1.54) is 6.07 Å². The highest BCUT2D eigenvalue weighted by atomic mass is 19.1. The number of rotatable bonds is 5. The molecule has 0 saturated carbocycles. The number of hydrogen-bond acceptors (Lipinski definition) is 3. The van der Waals surface area contributed by atoms with Gasteiger partial charge >= 0.3 is 0 Å². The number of amides is 1. The van der Waals surface area contributed by atoms with Crippen LogP contribution in [0.25, 0.3) is 11.3 Å². The highest BCUT2D eigenvalue weighted by molar-refractivity contribution is 5.79. The van der Waals surface area contributed by atoms with Crippen LogP contribution in [0.1, 0.15) is 32.8 Å². The number of nitrogens with zero attached hydrogens (tertiary/aromatic N) is 4.